The maximum absolute atomic E-state index is 13.4. The molecule has 194 valence electrons. The summed E-state index contributed by atoms with van der Waals surface area (Å²) in [5.74, 6) is 2.43. The van der Waals surface area contributed by atoms with Crippen LogP contribution in [0.1, 0.15) is 55.6 Å². The van der Waals surface area contributed by atoms with Gasteiger partial charge in [-0.1, -0.05) is 13.3 Å². The minimum Gasteiger partial charge on any atom is -0.496 e. The Bertz CT molecular complexity index is 1150. The number of nitrogens with zero attached hydrogens (tertiary/aromatic N) is 4. The van der Waals surface area contributed by atoms with Gasteiger partial charge in [0, 0.05) is 48.7 Å². The summed E-state index contributed by atoms with van der Waals surface area (Å²) >= 11 is 0. The Morgan fingerprint density at radius 2 is 2.06 bits per heavy atom. The SMILES string of the molecule is CCCC(=Nc1cc(N(C)C(=O)C(C)N2CCOCC2)cc(OC)c1C)c1n[nH]c2c1CC1CC1C2. The van der Waals surface area contributed by atoms with Gasteiger partial charge >= 0.3 is 0 Å². The van der Waals surface area contributed by atoms with Gasteiger partial charge in [-0.2, -0.15) is 5.10 Å². The largest absolute Gasteiger partial charge is 0.496 e. The van der Waals surface area contributed by atoms with Crippen LogP contribution < -0.4 is 9.64 Å². The Labute approximate surface area is 214 Å². The molecule has 3 atom stereocenters. The number of hydrogen-bond donors (Lipinski definition) is 1. The van der Waals surface area contributed by atoms with Gasteiger partial charge in [-0.3, -0.25) is 19.8 Å². The van der Waals surface area contributed by atoms with Crippen molar-refractivity contribution in [3.63, 3.8) is 0 Å². The Hall–Kier alpha value is -2.71. The first-order valence-corrected chi connectivity index (χ1v) is 13.3. The van der Waals surface area contributed by atoms with Gasteiger partial charge in [0.25, 0.3) is 0 Å². The summed E-state index contributed by atoms with van der Waals surface area (Å²) in [6.45, 7) is 9.03. The van der Waals surface area contributed by atoms with Crippen LogP contribution in [0.3, 0.4) is 0 Å². The molecule has 0 radical (unpaired) electrons. The fourth-order valence-electron chi connectivity index (χ4n) is 5.68. The smallest absolute Gasteiger partial charge is 0.243 e. The van der Waals surface area contributed by atoms with E-state index in [-0.39, 0.29) is 11.9 Å². The van der Waals surface area contributed by atoms with Crippen LogP contribution in [-0.4, -0.2) is 73.2 Å². The Balaban J connectivity index is 1.47. The first-order chi connectivity index (χ1) is 17.4. The minimum absolute atomic E-state index is 0.0480. The number of rotatable bonds is 8. The third-order valence-electron chi connectivity index (χ3n) is 8.18. The number of hydrogen-bond acceptors (Lipinski definition) is 6. The molecule has 1 saturated heterocycles. The van der Waals surface area contributed by atoms with Crippen molar-refractivity contribution < 1.29 is 14.3 Å². The molecule has 1 aliphatic heterocycles. The molecule has 3 unspecified atom stereocenters. The van der Waals surface area contributed by atoms with E-state index in [2.05, 4.69) is 16.9 Å². The number of morpholine rings is 1. The fourth-order valence-corrected chi connectivity index (χ4v) is 5.68. The molecule has 3 aliphatic rings. The first kappa shape index (κ1) is 25.0. The number of likely N-dealkylation sites (N-methyl/N-ethyl adjacent to an activating group) is 1. The summed E-state index contributed by atoms with van der Waals surface area (Å²) in [5, 5.41) is 8.04. The highest BCUT2D eigenvalue weighted by Gasteiger charge is 2.43. The van der Waals surface area contributed by atoms with Crippen LogP contribution in [0.4, 0.5) is 11.4 Å². The van der Waals surface area contributed by atoms with E-state index in [0.29, 0.717) is 13.2 Å². The lowest BCUT2D eigenvalue weighted by Gasteiger charge is -2.33. The molecule has 2 fully saturated rings. The van der Waals surface area contributed by atoms with E-state index < -0.39 is 0 Å². The number of aromatic amines is 1. The van der Waals surface area contributed by atoms with Gasteiger partial charge in [-0.15, -0.1) is 0 Å². The van der Waals surface area contributed by atoms with Crippen molar-refractivity contribution in [2.24, 2.45) is 16.8 Å². The molecule has 0 spiro atoms. The van der Waals surface area contributed by atoms with Crippen molar-refractivity contribution in [2.75, 3.05) is 45.4 Å². The summed E-state index contributed by atoms with van der Waals surface area (Å²) in [6, 6.07) is 3.71. The topological polar surface area (TPSA) is 83.1 Å². The molecule has 1 aromatic carbocycles. The minimum atomic E-state index is -0.226. The molecule has 8 nitrogen and oxygen atoms in total. The van der Waals surface area contributed by atoms with Gasteiger partial charge < -0.3 is 14.4 Å². The number of amides is 1. The van der Waals surface area contributed by atoms with Crippen LogP contribution >= 0.6 is 0 Å². The summed E-state index contributed by atoms with van der Waals surface area (Å²) < 4.78 is 11.2. The predicted octanol–water partition coefficient (Wildman–Crippen LogP) is 4.07. The number of H-pyrrole nitrogens is 1. The van der Waals surface area contributed by atoms with Gasteiger partial charge in [-0.05, 0) is 57.4 Å². The maximum atomic E-state index is 13.4. The zero-order chi connectivity index (χ0) is 25.4. The average molecular weight is 494 g/mol. The van der Waals surface area contributed by atoms with Gasteiger partial charge in [-0.25, -0.2) is 0 Å². The quantitative estimate of drug-likeness (QED) is 0.561. The lowest BCUT2D eigenvalue weighted by atomic mass is 9.93. The van der Waals surface area contributed by atoms with E-state index in [9.17, 15) is 4.79 Å². The Morgan fingerprint density at radius 3 is 2.78 bits per heavy atom. The Morgan fingerprint density at radius 1 is 1.31 bits per heavy atom. The number of methoxy groups -OCH3 is 1. The highest BCUT2D eigenvalue weighted by atomic mass is 16.5. The molecule has 2 aromatic rings. The number of carbonyl (C=O) groups excluding carboxylic acids is 1. The van der Waals surface area contributed by atoms with E-state index in [0.717, 1.165) is 84.7 Å². The molecule has 0 bridgehead atoms. The van der Waals surface area contributed by atoms with Crippen molar-refractivity contribution >= 4 is 23.0 Å². The summed E-state index contributed by atoms with van der Waals surface area (Å²) in [4.78, 5) is 22.5. The van der Waals surface area contributed by atoms with Crippen LogP contribution in [0.15, 0.2) is 17.1 Å². The molecular weight excluding hydrogens is 454 g/mol. The molecule has 36 heavy (non-hydrogen) atoms. The lowest BCUT2D eigenvalue weighted by Crippen LogP contribution is -2.50. The van der Waals surface area contributed by atoms with Crippen LogP contribution in [-0.2, 0) is 22.4 Å². The standard InChI is InChI=1S/C28H39N5O3/c1-6-7-23(27-22-13-19-12-20(19)14-25(22)30-31-27)29-24-15-21(16-26(35-5)17(24)2)32(4)28(34)18(3)33-8-10-36-11-9-33/h15-16,18-20H,6-14H2,1-5H3,(H,30,31). The molecule has 2 aliphatic carbocycles. The number of benzene rings is 1. The van der Waals surface area contributed by atoms with Crippen molar-refractivity contribution in [3.05, 3.63) is 34.6 Å². The van der Waals surface area contributed by atoms with E-state index in [4.69, 9.17) is 19.6 Å². The van der Waals surface area contributed by atoms with Gasteiger partial charge in [0.05, 0.1) is 37.8 Å². The molecule has 1 aromatic heterocycles. The molecule has 1 amide bonds. The summed E-state index contributed by atoms with van der Waals surface area (Å²) in [6.07, 6.45) is 5.39. The number of aliphatic imine (C=N–C) groups is 1. The predicted molar refractivity (Wildman–Crippen MR) is 142 cm³/mol. The lowest BCUT2D eigenvalue weighted by molar-refractivity contribution is -0.124. The van der Waals surface area contributed by atoms with Crippen LogP contribution in [0.2, 0.25) is 0 Å². The monoisotopic (exact) mass is 493 g/mol. The molecule has 1 saturated carbocycles. The van der Waals surface area contributed by atoms with Crippen LogP contribution in [0.5, 0.6) is 5.75 Å². The zero-order valence-electron chi connectivity index (χ0n) is 22.3. The normalized spacial score (nSPS) is 22.5. The highest BCUT2D eigenvalue weighted by molar-refractivity contribution is 6.02. The zero-order valence-corrected chi connectivity index (χ0v) is 22.3. The highest BCUT2D eigenvalue weighted by Crippen LogP contribution is 2.48. The third-order valence-corrected chi connectivity index (χ3v) is 8.18. The van der Waals surface area contributed by atoms with Crippen molar-refractivity contribution in [1.82, 2.24) is 15.1 Å². The van der Waals surface area contributed by atoms with E-state index >= 15 is 0 Å². The van der Waals surface area contributed by atoms with Gasteiger partial charge in [0.15, 0.2) is 0 Å². The number of carbonyl (C=O) groups is 1. The molecule has 1 N–H and O–H groups in total. The second-order valence-corrected chi connectivity index (χ2v) is 10.5. The Kier molecular flexibility index (Phi) is 7.17. The van der Waals surface area contributed by atoms with Crippen LogP contribution in [0, 0.1) is 18.8 Å². The van der Waals surface area contributed by atoms with E-state index in [1.165, 1.54) is 17.7 Å². The number of ether oxygens (including phenoxy) is 2. The molecule has 5 rings (SSSR count). The summed E-state index contributed by atoms with van der Waals surface area (Å²) in [5.41, 5.74) is 7.23. The van der Waals surface area contributed by atoms with E-state index in [1.807, 2.05) is 33.0 Å². The molecule has 8 heteroatoms. The van der Waals surface area contributed by atoms with Crippen molar-refractivity contribution in [1.29, 1.82) is 0 Å². The maximum Gasteiger partial charge on any atom is 0.243 e. The van der Waals surface area contributed by atoms with Crippen molar-refractivity contribution in [3.8, 4) is 5.75 Å². The van der Waals surface area contributed by atoms with Gasteiger partial charge in [0.1, 0.15) is 11.4 Å². The second kappa shape index (κ2) is 10.3. The van der Waals surface area contributed by atoms with Crippen molar-refractivity contribution in [2.45, 2.75) is 58.9 Å². The fraction of sp³-hybridized carbons (Fsp3) is 0.607. The average Bonchev–Trinajstić information content (AvgIpc) is 3.55. The summed E-state index contributed by atoms with van der Waals surface area (Å²) in [7, 11) is 3.50. The number of nitrogens with one attached hydrogen (secondary N) is 1. The third kappa shape index (κ3) is 4.81. The molecule has 2 heterocycles. The number of fused-ring (bicyclic) bond motifs is 2. The number of aromatic nitrogens is 2. The number of anilines is 1. The van der Waals surface area contributed by atoms with Crippen LogP contribution in [0.25, 0.3) is 0 Å². The second-order valence-electron chi connectivity index (χ2n) is 10.5. The van der Waals surface area contributed by atoms with Gasteiger partial charge in [0.2, 0.25) is 5.91 Å². The molecular formula is C28H39N5O3. The first-order valence-electron chi connectivity index (χ1n) is 13.3. The van der Waals surface area contributed by atoms with E-state index in [1.54, 1.807) is 12.0 Å².